The van der Waals surface area contributed by atoms with E-state index in [2.05, 4.69) is 48.6 Å². The van der Waals surface area contributed by atoms with Crippen LogP contribution < -0.4 is 10.2 Å². The summed E-state index contributed by atoms with van der Waals surface area (Å²) < 4.78 is 0. The van der Waals surface area contributed by atoms with Crippen molar-refractivity contribution in [2.45, 2.75) is 25.7 Å². The summed E-state index contributed by atoms with van der Waals surface area (Å²) in [6, 6.07) is 8.99. The Morgan fingerprint density at radius 2 is 1.76 bits per heavy atom. The monoisotopic (exact) mass is 232 g/mol. The lowest BCUT2D eigenvalue weighted by Crippen LogP contribution is -2.27. The van der Waals surface area contributed by atoms with Crippen LogP contribution in [0.25, 0.3) is 0 Å². The van der Waals surface area contributed by atoms with Crippen molar-refractivity contribution in [3.8, 4) is 0 Å². The van der Waals surface area contributed by atoms with E-state index < -0.39 is 0 Å². The Morgan fingerprint density at radius 1 is 1.12 bits per heavy atom. The molecule has 0 atom stereocenters. The molecule has 0 saturated carbocycles. The topological polar surface area (TPSA) is 15.3 Å². The second kappa shape index (κ2) is 6.06. The first-order valence-electron chi connectivity index (χ1n) is 6.72. The predicted octanol–water partition coefficient (Wildman–Crippen LogP) is 2.68. The SMILES string of the molecule is CN(C)c1ccc(CCC2CCNCC2)cc1. The number of aryl methyl sites for hydroxylation is 1. The van der Waals surface area contributed by atoms with Gasteiger partial charge in [0.15, 0.2) is 0 Å². The second-order valence-corrected chi connectivity index (χ2v) is 5.29. The molecule has 1 aliphatic heterocycles. The summed E-state index contributed by atoms with van der Waals surface area (Å²) in [7, 11) is 4.17. The summed E-state index contributed by atoms with van der Waals surface area (Å²) in [6.45, 7) is 2.43. The van der Waals surface area contributed by atoms with Gasteiger partial charge in [-0.2, -0.15) is 0 Å². The zero-order valence-corrected chi connectivity index (χ0v) is 11.1. The number of piperidine rings is 1. The van der Waals surface area contributed by atoms with Gasteiger partial charge in [-0.1, -0.05) is 12.1 Å². The summed E-state index contributed by atoms with van der Waals surface area (Å²) in [6.07, 6.45) is 5.30. The van der Waals surface area contributed by atoms with Gasteiger partial charge >= 0.3 is 0 Å². The molecule has 17 heavy (non-hydrogen) atoms. The Morgan fingerprint density at radius 3 is 2.35 bits per heavy atom. The quantitative estimate of drug-likeness (QED) is 0.858. The largest absolute Gasteiger partial charge is 0.378 e. The lowest BCUT2D eigenvalue weighted by Gasteiger charge is -2.22. The van der Waals surface area contributed by atoms with Gasteiger partial charge in [-0.3, -0.25) is 0 Å². The minimum absolute atomic E-state index is 0.935. The zero-order chi connectivity index (χ0) is 12.1. The molecule has 0 radical (unpaired) electrons. The lowest BCUT2D eigenvalue weighted by molar-refractivity contribution is 0.354. The number of rotatable bonds is 4. The average Bonchev–Trinajstić information content (AvgIpc) is 2.38. The fraction of sp³-hybridized carbons (Fsp3) is 0.600. The number of nitrogens with zero attached hydrogens (tertiary/aromatic N) is 1. The molecule has 2 heteroatoms. The minimum atomic E-state index is 0.935. The number of anilines is 1. The van der Waals surface area contributed by atoms with Crippen LogP contribution in [0.4, 0.5) is 5.69 Å². The second-order valence-electron chi connectivity index (χ2n) is 5.29. The molecule has 0 bridgehead atoms. The van der Waals surface area contributed by atoms with E-state index >= 15 is 0 Å². The van der Waals surface area contributed by atoms with E-state index in [1.807, 2.05) is 0 Å². The Bertz CT molecular complexity index is 323. The highest BCUT2D eigenvalue weighted by molar-refractivity contribution is 5.45. The fourth-order valence-electron chi connectivity index (χ4n) is 2.50. The molecule has 0 aliphatic carbocycles. The van der Waals surface area contributed by atoms with Crippen molar-refractivity contribution in [3.63, 3.8) is 0 Å². The van der Waals surface area contributed by atoms with Crippen LogP contribution >= 0.6 is 0 Å². The molecular formula is C15H24N2. The summed E-state index contributed by atoms with van der Waals surface area (Å²) in [4.78, 5) is 2.15. The normalized spacial score (nSPS) is 17.1. The highest BCUT2D eigenvalue weighted by atomic mass is 15.1. The van der Waals surface area contributed by atoms with E-state index in [-0.39, 0.29) is 0 Å². The van der Waals surface area contributed by atoms with Gasteiger partial charge in [0.25, 0.3) is 0 Å². The molecule has 1 heterocycles. The molecule has 1 aromatic rings. The maximum absolute atomic E-state index is 3.43. The number of hydrogen-bond acceptors (Lipinski definition) is 2. The van der Waals surface area contributed by atoms with Crippen LogP contribution in [0.2, 0.25) is 0 Å². The first-order chi connectivity index (χ1) is 8.25. The molecule has 1 saturated heterocycles. The zero-order valence-electron chi connectivity index (χ0n) is 11.1. The fourth-order valence-corrected chi connectivity index (χ4v) is 2.50. The smallest absolute Gasteiger partial charge is 0.0361 e. The van der Waals surface area contributed by atoms with Gasteiger partial charge in [-0.25, -0.2) is 0 Å². The molecular weight excluding hydrogens is 208 g/mol. The molecule has 0 spiro atoms. The van der Waals surface area contributed by atoms with Crippen LogP contribution in [0.15, 0.2) is 24.3 Å². The lowest BCUT2D eigenvalue weighted by atomic mass is 9.91. The Kier molecular flexibility index (Phi) is 4.43. The van der Waals surface area contributed by atoms with Crippen LogP contribution in [0.1, 0.15) is 24.8 Å². The summed E-state index contributed by atoms with van der Waals surface area (Å²) in [5.74, 6) is 0.935. The van der Waals surface area contributed by atoms with E-state index in [9.17, 15) is 0 Å². The van der Waals surface area contributed by atoms with Crippen molar-refractivity contribution < 1.29 is 0 Å². The molecule has 2 rings (SSSR count). The highest BCUT2D eigenvalue weighted by Gasteiger charge is 2.12. The van der Waals surface area contributed by atoms with Gasteiger partial charge < -0.3 is 10.2 Å². The van der Waals surface area contributed by atoms with Crippen LogP contribution in [0.3, 0.4) is 0 Å². The molecule has 0 aromatic heterocycles. The first kappa shape index (κ1) is 12.4. The van der Waals surface area contributed by atoms with E-state index in [0.717, 1.165) is 5.92 Å². The molecule has 0 unspecified atom stereocenters. The summed E-state index contributed by atoms with van der Waals surface area (Å²) in [5.41, 5.74) is 2.77. The van der Waals surface area contributed by atoms with Crippen molar-refractivity contribution in [1.82, 2.24) is 5.32 Å². The van der Waals surface area contributed by atoms with E-state index in [1.54, 1.807) is 0 Å². The van der Waals surface area contributed by atoms with Gasteiger partial charge in [0.2, 0.25) is 0 Å². The Hall–Kier alpha value is -1.02. The number of hydrogen-bond donors (Lipinski definition) is 1. The minimum Gasteiger partial charge on any atom is -0.378 e. The van der Waals surface area contributed by atoms with Crippen molar-refractivity contribution in [3.05, 3.63) is 29.8 Å². The van der Waals surface area contributed by atoms with Gasteiger partial charge in [0.05, 0.1) is 0 Å². The van der Waals surface area contributed by atoms with E-state index in [0.29, 0.717) is 0 Å². The third-order valence-electron chi connectivity index (χ3n) is 3.75. The van der Waals surface area contributed by atoms with Crippen LogP contribution in [-0.4, -0.2) is 27.2 Å². The molecule has 1 N–H and O–H groups in total. The molecule has 94 valence electrons. The van der Waals surface area contributed by atoms with Crippen LogP contribution in [0, 0.1) is 5.92 Å². The standard InChI is InChI=1S/C15H24N2/c1-17(2)15-7-5-13(6-8-15)3-4-14-9-11-16-12-10-14/h5-8,14,16H,3-4,9-12H2,1-2H3. The third-order valence-corrected chi connectivity index (χ3v) is 3.75. The number of benzene rings is 1. The van der Waals surface area contributed by atoms with Gasteiger partial charge in [0.1, 0.15) is 0 Å². The Labute approximate surface area is 105 Å². The molecule has 0 amide bonds. The van der Waals surface area contributed by atoms with Crippen LogP contribution in [0.5, 0.6) is 0 Å². The van der Waals surface area contributed by atoms with E-state index in [4.69, 9.17) is 0 Å². The van der Waals surface area contributed by atoms with Gasteiger partial charge in [-0.05, 0) is 62.4 Å². The van der Waals surface area contributed by atoms with E-state index in [1.165, 1.54) is 50.0 Å². The van der Waals surface area contributed by atoms with Crippen molar-refractivity contribution in [2.75, 3.05) is 32.1 Å². The summed E-state index contributed by atoms with van der Waals surface area (Å²) in [5, 5.41) is 3.43. The Balaban J connectivity index is 1.82. The van der Waals surface area contributed by atoms with Crippen molar-refractivity contribution in [2.24, 2.45) is 5.92 Å². The maximum atomic E-state index is 3.43. The third kappa shape index (κ3) is 3.74. The molecule has 2 nitrogen and oxygen atoms in total. The highest BCUT2D eigenvalue weighted by Crippen LogP contribution is 2.20. The van der Waals surface area contributed by atoms with Crippen LogP contribution in [-0.2, 0) is 6.42 Å². The molecule has 1 aliphatic rings. The molecule has 1 aromatic carbocycles. The van der Waals surface area contributed by atoms with Gasteiger partial charge in [0, 0.05) is 19.8 Å². The van der Waals surface area contributed by atoms with Gasteiger partial charge in [-0.15, -0.1) is 0 Å². The average molecular weight is 232 g/mol. The number of nitrogens with one attached hydrogen (secondary N) is 1. The molecule has 1 fully saturated rings. The van der Waals surface area contributed by atoms with Crippen molar-refractivity contribution >= 4 is 5.69 Å². The maximum Gasteiger partial charge on any atom is 0.0361 e. The predicted molar refractivity (Wildman–Crippen MR) is 74.7 cm³/mol. The van der Waals surface area contributed by atoms with Crippen molar-refractivity contribution in [1.29, 1.82) is 0 Å². The first-order valence-corrected chi connectivity index (χ1v) is 6.72. The summed E-state index contributed by atoms with van der Waals surface area (Å²) >= 11 is 0.